The average Bonchev–Trinajstić information content (AvgIpc) is 2.47. The first-order valence-corrected chi connectivity index (χ1v) is 7.42. The summed E-state index contributed by atoms with van der Waals surface area (Å²) in [5, 5.41) is 6.31. The molecule has 3 aromatic rings. The lowest BCUT2D eigenvalue weighted by Gasteiger charge is -2.10. The molecule has 1 aromatic heterocycles. The standard InChI is InChI=1S/C15H14N4S/c1-20-15-18-13(16)9-14(19-15)17-12-8-4-6-10-5-2-3-7-11(10)12/h2-9H,1H3,(H3,16,17,18,19). The smallest absolute Gasteiger partial charge is 0.191 e. The highest BCUT2D eigenvalue weighted by atomic mass is 32.2. The number of hydrogen-bond acceptors (Lipinski definition) is 5. The van der Waals surface area contributed by atoms with E-state index in [1.165, 1.54) is 17.1 Å². The van der Waals surface area contributed by atoms with Gasteiger partial charge in [0, 0.05) is 17.1 Å². The van der Waals surface area contributed by atoms with Crippen LogP contribution >= 0.6 is 11.8 Å². The van der Waals surface area contributed by atoms with Gasteiger partial charge in [-0.3, -0.25) is 0 Å². The summed E-state index contributed by atoms with van der Waals surface area (Å²) < 4.78 is 0. The Labute approximate surface area is 121 Å². The third-order valence-corrected chi connectivity index (χ3v) is 3.51. The molecule has 0 fully saturated rings. The van der Waals surface area contributed by atoms with Gasteiger partial charge in [0.2, 0.25) is 0 Å². The second kappa shape index (κ2) is 5.38. The number of nitrogens with zero attached hydrogens (tertiary/aromatic N) is 2. The molecular weight excluding hydrogens is 268 g/mol. The number of nitrogens with one attached hydrogen (secondary N) is 1. The van der Waals surface area contributed by atoms with Crippen molar-refractivity contribution in [2.75, 3.05) is 17.3 Å². The van der Waals surface area contributed by atoms with Crippen LogP contribution in [-0.2, 0) is 0 Å². The minimum atomic E-state index is 0.465. The van der Waals surface area contributed by atoms with Gasteiger partial charge in [-0.25, -0.2) is 9.97 Å². The Balaban J connectivity index is 2.03. The van der Waals surface area contributed by atoms with Crippen molar-refractivity contribution in [3.63, 3.8) is 0 Å². The van der Waals surface area contributed by atoms with Crippen LogP contribution in [0.5, 0.6) is 0 Å². The number of benzene rings is 2. The number of nitrogen functional groups attached to an aromatic ring is 1. The molecule has 100 valence electrons. The van der Waals surface area contributed by atoms with Crippen molar-refractivity contribution in [2.45, 2.75) is 5.16 Å². The Morgan fingerprint density at radius 3 is 2.70 bits per heavy atom. The molecule has 3 N–H and O–H groups in total. The molecule has 0 atom stereocenters. The Morgan fingerprint density at radius 2 is 1.85 bits per heavy atom. The zero-order chi connectivity index (χ0) is 13.9. The fourth-order valence-electron chi connectivity index (χ4n) is 2.07. The molecule has 5 heteroatoms. The molecule has 0 amide bonds. The third-order valence-electron chi connectivity index (χ3n) is 2.96. The molecule has 0 saturated heterocycles. The van der Waals surface area contributed by atoms with Gasteiger partial charge in [-0.1, -0.05) is 48.2 Å². The summed E-state index contributed by atoms with van der Waals surface area (Å²) >= 11 is 1.47. The van der Waals surface area contributed by atoms with Gasteiger partial charge in [-0.15, -0.1) is 0 Å². The van der Waals surface area contributed by atoms with Crippen molar-refractivity contribution in [1.82, 2.24) is 9.97 Å². The van der Waals surface area contributed by atoms with Crippen molar-refractivity contribution < 1.29 is 0 Å². The largest absolute Gasteiger partial charge is 0.383 e. The van der Waals surface area contributed by atoms with E-state index in [1.54, 1.807) is 6.07 Å². The molecule has 20 heavy (non-hydrogen) atoms. The molecule has 0 aliphatic heterocycles. The molecule has 3 rings (SSSR count). The maximum Gasteiger partial charge on any atom is 0.191 e. The van der Waals surface area contributed by atoms with E-state index in [0.717, 1.165) is 11.1 Å². The van der Waals surface area contributed by atoms with Crippen LogP contribution in [0.25, 0.3) is 10.8 Å². The Bertz CT molecular complexity index is 752. The highest BCUT2D eigenvalue weighted by Crippen LogP contribution is 2.26. The van der Waals surface area contributed by atoms with Gasteiger partial charge < -0.3 is 11.1 Å². The Hall–Kier alpha value is -2.27. The van der Waals surface area contributed by atoms with Crippen molar-refractivity contribution in [3.8, 4) is 0 Å². The normalized spacial score (nSPS) is 10.7. The van der Waals surface area contributed by atoms with Gasteiger partial charge >= 0.3 is 0 Å². The van der Waals surface area contributed by atoms with E-state index in [2.05, 4.69) is 33.5 Å². The number of anilines is 3. The van der Waals surface area contributed by atoms with Crippen molar-refractivity contribution in [3.05, 3.63) is 48.5 Å². The molecule has 0 radical (unpaired) electrons. The van der Waals surface area contributed by atoms with Crippen molar-refractivity contribution >= 4 is 39.9 Å². The number of hydrogen-bond donors (Lipinski definition) is 2. The lowest BCUT2D eigenvalue weighted by Crippen LogP contribution is -2.00. The van der Waals surface area contributed by atoms with Gasteiger partial charge in [0.15, 0.2) is 5.16 Å². The predicted octanol–water partition coefficient (Wildman–Crippen LogP) is 3.68. The number of rotatable bonds is 3. The number of thioether (sulfide) groups is 1. The van der Waals surface area contributed by atoms with Gasteiger partial charge in [0.05, 0.1) is 0 Å². The summed E-state index contributed by atoms with van der Waals surface area (Å²) in [5.41, 5.74) is 6.80. The van der Waals surface area contributed by atoms with Gasteiger partial charge in [-0.05, 0) is 17.7 Å². The van der Waals surface area contributed by atoms with Crippen molar-refractivity contribution in [2.24, 2.45) is 0 Å². The van der Waals surface area contributed by atoms with E-state index in [4.69, 9.17) is 5.73 Å². The monoisotopic (exact) mass is 282 g/mol. The second-order valence-electron chi connectivity index (χ2n) is 4.32. The minimum absolute atomic E-state index is 0.465. The molecule has 0 unspecified atom stereocenters. The Kier molecular flexibility index (Phi) is 3.43. The summed E-state index contributed by atoms with van der Waals surface area (Å²) in [7, 11) is 0. The SMILES string of the molecule is CSc1nc(N)cc(Nc2cccc3ccccc23)n1. The molecule has 1 heterocycles. The van der Waals surface area contributed by atoms with Gasteiger partial charge in [-0.2, -0.15) is 0 Å². The van der Waals surface area contributed by atoms with Crippen LogP contribution in [0.2, 0.25) is 0 Å². The summed E-state index contributed by atoms with van der Waals surface area (Å²) in [6, 6.07) is 16.1. The average molecular weight is 282 g/mol. The van der Waals surface area contributed by atoms with Gasteiger partial charge in [0.25, 0.3) is 0 Å². The summed E-state index contributed by atoms with van der Waals surface area (Å²) in [4.78, 5) is 8.56. The predicted molar refractivity (Wildman–Crippen MR) is 85.5 cm³/mol. The molecule has 0 bridgehead atoms. The number of fused-ring (bicyclic) bond motifs is 1. The fraction of sp³-hybridized carbons (Fsp3) is 0.0667. The van der Waals surface area contributed by atoms with E-state index >= 15 is 0 Å². The minimum Gasteiger partial charge on any atom is -0.383 e. The maximum atomic E-state index is 5.80. The van der Waals surface area contributed by atoms with Crippen LogP contribution in [0, 0.1) is 0 Å². The second-order valence-corrected chi connectivity index (χ2v) is 5.09. The van der Waals surface area contributed by atoms with E-state index in [9.17, 15) is 0 Å². The van der Waals surface area contributed by atoms with Crippen LogP contribution in [-0.4, -0.2) is 16.2 Å². The van der Waals surface area contributed by atoms with Crippen LogP contribution < -0.4 is 11.1 Å². The molecule has 2 aromatic carbocycles. The maximum absolute atomic E-state index is 5.80. The first kappa shape index (κ1) is 12.7. The van der Waals surface area contributed by atoms with Crippen LogP contribution in [0.3, 0.4) is 0 Å². The van der Waals surface area contributed by atoms with E-state index in [1.807, 2.05) is 30.5 Å². The quantitative estimate of drug-likeness (QED) is 0.567. The molecular formula is C15H14N4S. The molecule has 0 saturated carbocycles. The van der Waals surface area contributed by atoms with Crippen LogP contribution in [0.1, 0.15) is 0 Å². The lowest BCUT2D eigenvalue weighted by atomic mass is 10.1. The number of aromatic nitrogens is 2. The highest BCUT2D eigenvalue weighted by molar-refractivity contribution is 7.98. The van der Waals surface area contributed by atoms with E-state index in [0.29, 0.717) is 16.8 Å². The zero-order valence-corrected chi connectivity index (χ0v) is 11.8. The number of nitrogens with two attached hydrogens (primary N) is 1. The zero-order valence-electron chi connectivity index (χ0n) is 11.0. The molecule has 4 nitrogen and oxygen atoms in total. The van der Waals surface area contributed by atoms with E-state index < -0.39 is 0 Å². The van der Waals surface area contributed by atoms with Crippen LogP contribution in [0.4, 0.5) is 17.3 Å². The lowest BCUT2D eigenvalue weighted by molar-refractivity contribution is 0.985. The molecule has 0 spiro atoms. The first-order valence-electron chi connectivity index (χ1n) is 6.19. The fourth-order valence-corrected chi connectivity index (χ4v) is 2.46. The third kappa shape index (κ3) is 2.53. The van der Waals surface area contributed by atoms with Gasteiger partial charge in [0.1, 0.15) is 11.6 Å². The molecule has 0 aliphatic carbocycles. The first-order chi connectivity index (χ1) is 9.76. The van der Waals surface area contributed by atoms with E-state index in [-0.39, 0.29) is 0 Å². The van der Waals surface area contributed by atoms with Crippen LogP contribution in [0.15, 0.2) is 53.7 Å². The highest BCUT2D eigenvalue weighted by Gasteiger charge is 2.04. The summed E-state index contributed by atoms with van der Waals surface area (Å²) in [5.74, 6) is 1.17. The Morgan fingerprint density at radius 1 is 1.05 bits per heavy atom. The summed E-state index contributed by atoms with van der Waals surface area (Å²) in [6.45, 7) is 0. The summed E-state index contributed by atoms with van der Waals surface area (Å²) in [6.07, 6.45) is 1.93. The topological polar surface area (TPSA) is 63.8 Å². The van der Waals surface area contributed by atoms with Crippen molar-refractivity contribution in [1.29, 1.82) is 0 Å². The molecule has 0 aliphatic rings.